The standard InChI is InChI=1S/C12H16N4/c1-2-6-10-14-12(16-15-10)11(13)9-7-4-3-5-8-9/h3-5,7-8,11H,2,6,13H2,1H3,(H,14,15,16). The third-order valence-corrected chi connectivity index (χ3v) is 2.47. The number of nitrogens with zero attached hydrogens (tertiary/aromatic N) is 2. The number of benzene rings is 1. The van der Waals surface area contributed by atoms with Crippen LogP contribution in [-0.4, -0.2) is 15.2 Å². The number of aromatic nitrogens is 3. The minimum atomic E-state index is -0.247. The predicted molar refractivity (Wildman–Crippen MR) is 62.9 cm³/mol. The van der Waals surface area contributed by atoms with Crippen LogP contribution in [0.15, 0.2) is 30.3 Å². The number of nitrogens with two attached hydrogens (primary N) is 1. The van der Waals surface area contributed by atoms with Crippen molar-refractivity contribution >= 4 is 0 Å². The molecule has 0 amide bonds. The Kier molecular flexibility index (Phi) is 3.31. The lowest BCUT2D eigenvalue weighted by atomic mass is 10.1. The van der Waals surface area contributed by atoms with E-state index in [2.05, 4.69) is 22.1 Å². The first-order valence-electron chi connectivity index (χ1n) is 5.53. The number of aryl methyl sites for hydroxylation is 1. The van der Waals surface area contributed by atoms with Crippen LogP contribution in [-0.2, 0) is 6.42 Å². The van der Waals surface area contributed by atoms with Gasteiger partial charge in [0.1, 0.15) is 5.82 Å². The Morgan fingerprint density at radius 3 is 2.75 bits per heavy atom. The van der Waals surface area contributed by atoms with Gasteiger partial charge in [0.25, 0.3) is 0 Å². The molecule has 0 fully saturated rings. The van der Waals surface area contributed by atoms with E-state index >= 15 is 0 Å². The Labute approximate surface area is 94.9 Å². The molecule has 16 heavy (non-hydrogen) atoms. The van der Waals surface area contributed by atoms with Gasteiger partial charge in [0.2, 0.25) is 0 Å². The van der Waals surface area contributed by atoms with Crippen molar-refractivity contribution in [2.24, 2.45) is 5.73 Å². The Bertz CT molecular complexity index is 435. The van der Waals surface area contributed by atoms with Crippen LogP contribution in [0.1, 0.15) is 36.6 Å². The molecule has 1 heterocycles. The quantitative estimate of drug-likeness (QED) is 0.819. The first-order chi connectivity index (χ1) is 7.81. The highest BCUT2D eigenvalue weighted by atomic mass is 15.2. The van der Waals surface area contributed by atoms with Crippen LogP contribution in [0.4, 0.5) is 0 Å². The molecule has 0 saturated heterocycles. The van der Waals surface area contributed by atoms with Crippen molar-refractivity contribution in [3.8, 4) is 0 Å². The molecule has 0 aliphatic rings. The second-order valence-corrected chi connectivity index (χ2v) is 3.78. The Hall–Kier alpha value is -1.68. The first-order valence-corrected chi connectivity index (χ1v) is 5.53. The SMILES string of the molecule is CCCc1nc(C(N)c2ccccc2)n[nH]1. The Balaban J connectivity index is 2.17. The zero-order valence-corrected chi connectivity index (χ0v) is 9.35. The van der Waals surface area contributed by atoms with E-state index in [1.165, 1.54) is 0 Å². The number of hydrogen-bond donors (Lipinski definition) is 2. The average molecular weight is 216 g/mol. The van der Waals surface area contributed by atoms with Gasteiger partial charge in [-0.2, -0.15) is 5.10 Å². The maximum atomic E-state index is 6.08. The summed E-state index contributed by atoms with van der Waals surface area (Å²) < 4.78 is 0. The van der Waals surface area contributed by atoms with Crippen LogP contribution in [0, 0.1) is 0 Å². The van der Waals surface area contributed by atoms with Crippen LogP contribution in [0.2, 0.25) is 0 Å². The minimum absolute atomic E-state index is 0.247. The summed E-state index contributed by atoms with van der Waals surface area (Å²) in [5.41, 5.74) is 7.11. The van der Waals surface area contributed by atoms with E-state index in [9.17, 15) is 0 Å². The summed E-state index contributed by atoms with van der Waals surface area (Å²) in [6.07, 6.45) is 1.96. The van der Waals surface area contributed by atoms with Crippen molar-refractivity contribution in [2.75, 3.05) is 0 Å². The summed E-state index contributed by atoms with van der Waals surface area (Å²) in [6, 6.07) is 9.63. The van der Waals surface area contributed by atoms with Crippen molar-refractivity contribution in [2.45, 2.75) is 25.8 Å². The highest BCUT2D eigenvalue weighted by Crippen LogP contribution is 2.15. The van der Waals surface area contributed by atoms with Gasteiger partial charge in [-0.3, -0.25) is 5.10 Å². The molecular weight excluding hydrogens is 200 g/mol. The van der Waals surface area contributed by atoms with Gasteiger partial charge in [-0.25, -0.2) is 4.98 Å². The molecule has 2 rings (SSSR count). The van der Waals surface area contributed by atoms with Gasteiger partial charge in [-0.1, -0.05) is 37.3 Å². The largest absolute Gasteiger partial charge is 0.318 e. The zero-order valence-electron chi connectivity index (χ0n) is 9.35. The van der Waals surface area contributed by atoms with Crippen molar-refractivity contribution in [3.63, 3.8) is 0 Å². The Morgan fingerprint density at radius 1 is 1.31 bits per heavy atom. The fourth-order valence-corrected chi connectivity index (χ4v) is 1.61. The lowest BCUT2D eigenvalue weighted by Crippen LogP contribution is -2.13. The molecule has 1 atom stereocenters. The summed E-state index contributed by atoms with van der Waals surface area (Å²) in [7, 11) is 0. The van der Waals surface area contributed by atoms with Gasteiger partial charge < -0.3 is 5.73 Å². The molecule has 0 aliphatic heterocycles. The van der Waals surface area contributed by atoms with Gasteiger partial charge in [0.05, 0.1) is 6.04 Å². The third-order valence-electron chi connectivity index (χ3n) is 2.47. The molecule has 1 unspecified atom stereocenters. The molecule has 0 bridgehead atoms. The van der Waals surface area contributed by atoms with Crippen LogP contribution in [0.3, 0.4) is 0 Å². The molecular formula is C12H16N4. The van der Waals surface area contributed by atoms with E-state index in [1.54, 1.807) is 0 Å². The van der Waals surface area contributed by atoms with E-state index in [0.717, 1.165) is 24.2 Å². The smallest absolute Gasteiger partial charge is 0.171 e. The van der Waals surface area contributed by atoms with Gasteiger partial charge in [0, 0.05) is 6.42 Å². The van der Waals surface area contributed by atoms with Crippen LogP contribution < -0.4 is 5.73 Å². The van der Waals surface area contributed by atoms with Crippen LogP contribution in [0.5, 0.6) is 0 Å². The van der Waals surface area contributed by atoms with E-state index in [4.69, 9.17) is 5.73 Å². The lowest BCUT2D eigenvalue weighted by Gasteiger charge is -2.06. The monoisotopic (exact) mass is 216 g/mol. The molecule has 84 valence electrons. The topological polar surface area (TPSA) is 67.6 Å². The highest BCUT2D eigenvalue weighted by Gasteiger charge is 2.13. The van der Waals surface area contributed by atoms with Crippen LogP contribution in [0.25, 0.3) is 0 Å². The van der Waals surface area contributed by atoms with E-state index < -0.39 is 0 Å². The van der Waals surface area contributed by atoms with Crippen molar-refractivity contribution < 1.29 is 0 Å². The van der Waals surface area contributed by atoms with E-state index in [-0.39, 0.29) is 6.04 Å². The van der Waals surface area contributed by atoms with Crippen molar-refractivity contribution in [1.29, 1.82) is 0 Å². The molecule has 4 heteroatoms. The number of rotatable bonds is 4. The second kappa shape index (κ2) is 4.90. The van der Waals surface area contributed by atoms with Gasteiger partial charge in [0.15, 0.2) is 5.82 Å². The average Bonchev–Trinajstić information content (AvgIpc) is 2.78. The summed E-state index contributed by atoms with van der Waals surface area (Å²) in [4.78, 5) is 4.38. The summed E-state index contributed by atoms with van der Waals surface area (Å²) in [5.74, 6) is 1.57. The summed E-state index contributed by atoms with van der Waals surface area (Å²) >= 11 is 0. The van der Waals surface area contributed by atoms with Gasteiger partial charge in [-0.15, -0.1) is 0 Å². The molecule has 0 radical (unpaired) electrons. The normalized spacial score (nSPS) is 12.6. The van der Waals surface area contributed by atoms with E-state index in [1.807, 2.05) is 30.3 Å². The van der Waals surface area contributed by atoms with Gasteiger partial charge >= 0.3 is 0 Å². The molecule has 1 aromatic carbocycles. The zero-order chi connectivity index (χ0) is 11.4. The number of hydrogen-bond acceptors (Lipinski definition) is 3. The maximum absolute atomic E-state index is 6.08. The Morgan fingerprint density at radius 2 is 2.06 bits per heavy atom. The second-order valence-electron chi connectivity index (χ2n) is 3.78. The van der Waals surface area contributed by atoms with Crippen molar-refractivity contribution in [1.82, 2.24) is 15.2 Å². The lowest BCUT2D eigenvalue weighted by molar-refractivity contribution is 0.786. The molecule has 0 saturated carbocycles. The maximum Gasteiger partial charge on any atom is 0.171 e. The number of aromatic amines is 1. The van der Waals surface area contributed by atoms with E-state index in [0.29, 0.717) is 5.82 Å². The fourth-order valence-electron chi connectivity index (χ4n) is 1.61. The minimum Gasteiger partial charge on any atom is -0.318 e. The molecule has 0 spiro atoms. The molecule has 2 aromatic rings. The molecule has 0 aliphatic carbocycles. The van der Waals surface area contributed by atoms with Crippen LogP contribution >= 0.6 is 0 Å². The molecule has 1 aromatic heterocycles. The molecule has 3 N–H and O–H groups in total. The predicted octanol–water partition coefficient (Wildman–Crippen LogP) is 1.81. The summed E-state index contributed by atoms with van der Waals surface area (Å²) in [6.45, 7) is 2.11. The number of nitrogens with one attached hydrogen (secondary N) is 1. The molecule has 4 nitrogen and oxygen atoms in total. The third kappa shape index (κ3) is 2.28. The van der Waals surface area contributed by atoms with Gasteiger partial charge in [-0.05, 0) is 12.0 Å². The highest BCUT2D eigenvalue weighted by molar-refractivity contribution is 5.23. The number of H-pyrrole nitrogens is 1. The summed E-state index contributed by atoms with van der Waals surface area (Å²) in [5, 5.41) is 7.07. The van der Waals surface area contributed by atoms with Crippen molar-refractivity contribution in [3.05, 3.63) is 47.5 Å². The fraction of sp³-hybridized carbons (Fsp3) is 0.333. The first kappa shape index (κ1) is 10.8.